The maximum absolute atomic E-state index is 12.5. The van der Waals surface area contributed by atoms with E-state index >= 15 is 0 Å². The smallest absolute Gasteiger partial charge is 0.349 e. The van der Waals surface area contributed by atoms with Gasteiger partial charge in [0.2, 0.25) is 0 Å². The van der Waals surface area contributed by atoms with Crippen molar-refractivity contribution in [1.82, 2.24) is 20.4 Å². The van der Waals surface area contributed by atoms with Crippen LogP contribution in [0, 0.1) is 12.8 Å². The number of amides is 1. The zero-order valence-electron chi connectivity index (χ0n) is 15.8. The van der Waals surface area contributed by atoms with Crippen LogP contribution < -0.4 is 5.32 Å². The molecule has 1 aromatic heterocycles. The SMILES string of the molecule is Cc1noc(-c2ccc(C(=O)NC(C)C3CCN(CC(F)(F)F)CC3)cc2)n1. The average Bonchev–Trinajstić information content (AvgIpc) is 3.07. The van der Waals surface area contributed by atoms with Gasteiger partial charge < -0.3 is 9.84 Å². The number of likely N-dealkylation sites (tertiary alicyclic amines) is 1. The fraction of sp³-hybridized carbons (Fsp3) is 0.526. The summed E-state index contributed by atoms with van der Waals surface area (Å²) in [5.74, 6) is 0.878. The van der Waals surface area contributed by atoms with Crippen molar-refractivity contribution in [3.05, 3.63) is 35.7 Å². The monoisotopic (exact) mass is 396 g/mol. The first kappa shape index (κ1) is 20.3. The first-order chi connectivity index (χ1) is 13.2. The molecule has 2 aromatic rings. The number of aromatic nitrogens is 2. The van der Waals surface area contributed by atoms with Gasteiger partial charge in [0.15, 0.2) is 5.82 Å². The largest absolute Gasteiger partial charge is 0.401 e. The van der Waals surface area contributed by atoms with Crippen LogP contribution in [0.4, 0.5) is 13.2 Å². The Hall–Kier alpha value is -2.42. The van der Waals surface area contributed by atoms with Crippen LogP contribution >= 0.6 is 0 Å². The summed E-state index contributed by atoms with van der Waals surface area (Å²) in [7, 11) is 0. The van der Waals surface area contributed by atoms with Crippen molar-refractivity contribution in [1.29, 1.82) is 0 Å². The van der Waals surface area contributed by atoms with Crippen LogP contribution in [-0.2, 0) is 0 Å². The lowest BCUT2D eigenvalue weighted by Crippen LogP contribution is -2.46. The predicted molar refractivity (Wildman–Crippen MR) is 96.6 cm³/mol. The molecule has 0 spiro atoms. The van der Waals surface area contributed by atoms with Gasteiger partial charge in [0, 0.05) is 17.2 Å². The Morgan fingerprint density at radius 3 is 2.46 bits per heavy atom. The van der Waals surface area contributed by atoms with Gasteiger partial charge in [-0.25, -0.2) is 0 Å². The quantitative estimate of drug-likeness (QED) is 0.838. The fourth-order valence-corrected chi connectivity index (χ4v) is 3.45. The van der Waals surface area contributed by atoms with Crippen LogP contribution in [0.3, 0.4) is 0 Å². The molecule has 1 aliphatic heterocycles. The Morgan fingerprint density at radius 1 is 1.29 bits per heavy atom. The van der Waals surface area contributed by atoms with E-state index in [0.717, 1.165) is 5.56 Å². The second kappa shape index (κ2) is 8.30. The van der Waals surface area contributed by atoms with Gasteiger partial charge in [-0.1, -0.05) is 5.16 Å². The van der Waals surface area contributed by atoms with Crippen LogP contribution in [0.1, 0.15) is 35.9 Å². The summed E-state index contributed by atoms with van der Waals surface area (Å²) < 4.78 is 42.5. The van der Waals surface area contributed by atoms with Gasteiger partial charge in [-0.2, -0.15) is 18.2 Å². The normalized spacial score (nSPS) is 17.5. The lowest BCUT2D eigenvalue weighted by molar-refractivity contribution is -0.148. The van der Waals surface area contributed by atoms with E-state index in [4.69, 9.17) is 4.52 Å². The van der Waals surface area contributed by atoms with Gasteiger partial charge in [-0.3, -0.25) is 9.69 Å². The number of carbonyl (C=O) groups is 1. The lowest BCUT2D eigenvalue weighted by atomic mass is 9.90. The minimum atomic E-state index is -4.17. The summed E-state index contributed by atoms with van der Waals surface area (Å²) in [5, 5.41) is 6.70. The molecule has 2 heterocycles. The molecule has 9 heteroatoms. The molecule has 0 saturated carbocycles. The van der Waals surface area contributed by atoms with E-state index in [1.807, 2.05) is 6.92 Å². The maximum Gasteiger partial charge on any atom is 0.401 e. The first-order valence-corrected chi connectivity index (χ1v) is 9.22. The Labute approximate surface area is 161 Å². The van der Waals surface area contributed by atoms with Crippen molar-refractivity contribution in [3.63, 3.8) is 0 Å². The topological polar surface area (TPSA) is 71.3 Å². The lowest BCUT2D eigenvalue weighted by Gasteiger charge is -2.35. The second-order valence-electron chi connectivity index (χ2n) is 7.21. The van der Waals surface area contributed by atoms with Crippen LogP contribution in [0.2, 0.25) is 0 Å². The predicted octanol–water partition coefficient (Wildman–Crippen LogP) is 3.44. The summed E-state index contributed by atoms with van der Waals surface area (Å²) in [4.78, 5) is 18.0. The molecule has 152 valence electrons. The summed E-state index contributed by atoms with van der Waals surface area (Å²) in [6, 6.07) is 6.73. The van der Waals surface area contributed by atoms with Crippen LogP contribution in [0.5, 0.6) is 0 Å². The Morgan fingerprint density at radius 2 is 1.93 bits per heavy atom. The molecule has 6 nitrogen and oxygen atoms in total. The summed E-state index contributed by atoms with van der Waals surface area (Å²) in [5.41, 5.74) is 1.23. The standard InChI is InChI=1S/C19H23F3N4O2/c1-12(14-7-9-26(10-8-14)11-19(20,21)22)23-17(27)15-3-5-16(6-4-15)18-24-13(2)25-28-18/h3-6,12,14H,7-11H2,1-2H3,(H,23,27). The van der Waals surface area contributed by atoms with Gasteiger partial charge in [0.05, 0.1) is 6.54 Å². The van der Waals surface area contributed by atoms with Crippen molar-refractivity contribution >= 4 is 5.91 Å². The third-order valence-corrected chi connectivity index (χ3v) is 5.02. The highest BCUT2D eigenvalue weighted by Crippen LogP contribution is 2.25. The number of halogens is 3. The first-order valence-electron chi connectivity index (χ1n) is 9.22. The molecule has 0 radical (unpaired) electrons. The van der Waals surface area contributed by atoms with E-state index < -0.39 is 12.7 Å². The Balaban J connectivity index is 1.52. The van der Waals surface area contributed by atoms with Crippen molar-refractivity contribution in [3.8, 4) is 11.5 Å². The van der Waals surface area contributed by atoms with E-state index in [2.05, 4.69) is 15.5 Å². The maximum atomic E-state index is 12.5. The molecule has 28 heavy (non-hydrogen) atoms. The van der Waals surface area contributed by atoms with Crippen LogP contribution in [-0.4, -0.2) is 52.8 Å². The number of piperidine rings is 1. The summed E-state index contributed by atoms with van der Waals surface area (Å²) in [6.45, 7) is 3.54. The second-order valence-corrected chi connectivity index (χ2v) is 7.21. The fourth-order valence-electron chi connectivity index (χ4n) is 3.45. The molecule has 1 N–H and O–H groups in total. The molecule has 1 saturated heterocycles. The molecule has 0 aliphatic carbocycles. The Bertz CT molecular complexity index is 796. The highest BCUT2D eigenvalue weighted by molar-refractivity contribution is 5.94. The van der Waals surface area contributed by atoms with E-state index in [1.54, 1.807) is 31.2 Å². The number of nitrogens with zero attached hydrogens (tertiary/aromatic N) is 3. The molecular formula is C19H23F3N4O2. The molecular weight excluding hydrogens is 373 g/mol. The molecule has 1 aromatic carbocycles. The number of carbonyl (C=O) groups excluding carboxylic acids is 1. The number of hydrogen-bond donors (Lipinski definition) is 1. The zero-order chi connectivity index (χ0) is 20.3. The van der Waals surface area contributed by atoms with E-state index in [1.165, 1.54) is 4.90 Å². The van der Waals surface area contributed by atoms with Crippen molar-refractivity contribution in [2.24, 2.45) is 5.92 Å². The third-order valence-electron chi connectivity index (χ3n) is 5.02. The number of benzene rings is 1. The van der Waals surface area contributed by atoms with Gasteiger partial charge >= 0.3 is 6.18 Å². The van der Waals surface area contributed by atoms with Crippen molar-refractivity contribution < 1.29 is 22.5 Å². The van der Waals surface area contributed by atoms with Crippen molar-refractivity contribution in [2.75, 3.05) is 19.6 Å². The van der Waals surface area contributed by atoms with Gasteiger partial charge in [0.1, 0.15) is 0 Å². The minimum Gasteiger partial charge on any atom is -0.349 e. The average molecular weight is 396 g/mol. The van der Waals surface area contributed by atoms with Crippen LogP contribution in [0.25, 0.3) is 11.5 Å². The number of nitrogens with one attached hydrogen (secondary N) is 1. The van der Waals surface area contributed by atoms with E-state index in [0.29, 0.717) is 43.2 Å². The van der Waals surface area contributed by atoms with Gasteiger partial charge in [-0.05, 0) is 70.0 Å². The highest BCUT2D eigenvalue weighted by atomic mass is 19.4. The van der Waals surface area contributed by atoms with Gasteiger partial charge in [0.25, 0.3) is 11.8 Å². The highest BCUT2D eigenvalue weighted by Gasteiger charge is 2.33. The Kier molecular flexibility index (Phi) is 6.02. The molecule has 1 aliphatic rings. The number of aryl methyl sites for hydroxylation is 1. The minimum absolute atomic E-state index is 0.112. The number of rotatable bonds is 5. The molecule has 1 atom stereocenters. The van der Waals surface area contributed by atoms with Gasteiger partial charge in [-0.15, -0.1) is 0 Å². The number of hydrogen-bond acceptors (Lipinski definition) is 5. The van der Waals surface area contributed by atoms with E-state index in [9.17, 15) is 18.0 Å². The third kappa shape index (κ3) is 5.31. The van der Waals surface area contributed by atoms with Crippen LogP contribution in [0.15, 0.2) is 28.8 Å². The molecule has 1 unspecified atom stereocenters. The molecule has 3 rings (SSSR count). The molecule has 0 bridgehead atoms. The summed E-state index contributed by atoms with van der Waals surface area (Å²) in [6.07, 6.45) is -2.90. The summed E-state index contributed by atoms with van der Waals surface area (Å²) >= 11 is 0. The van der Waals surface area contributed by atoms with Crippen molar-refractivity contribution in [2.45, 2.75) is 38.9 Å². The molecule has 1 fully saturated rings. The number of alkyl halides is 3. The zero-order valence-corrected chi connectivity index (χ0v) is 15.8. The molecule has 1 amide bonds. The van der Waals surface area contributed by atoms with E-state index in [-0.39, 0.29) is 17.9 Å².